The first kappa shape index (κ1) is 26.5. The zero-order valence-corrected chi connectivity index (χ0v) is 22.3. The van der Waals surface area contributed by atoms with Crippen LogP contribution in [0.25, 0.3) is 22.2 Å². The van der Waals surface area contributed by atoms with Gasteiger partial charge in [0.05, 0.1) is 31.4 Å². The smallest absolute Gasteiger partial charge is 0.220 e. The summed E-state index contributed by atoms with van der Waals surface area (Å²) in [6.07, 6.45) is 6.96. The maximum Gasteiger partial charge on any atom is 0.220 e. The number of nitrogens with zero attached hydrogens (tertiary/aromatic N) is 3. The Labute approximate surface area is 229 Å². The average Bonchev–Trinajstić information content (AvgIpc) is 3.21. The van der Waals surface area contributed by atoms with Gasteiger partial charge < -0.3 is 18.8 Å². The van der Waals surface area contributed by atoms with E-state index < -0.39 is 0 Å². The van der Waals surface area contributed by atoms with E-state index >= 15 is 0 Å². The average molecular weight is 524 g/mol. The summed E-state index contributed by atoms with van der Waals surface area (Å²) >= 11 is 0. The molecule has 1 aliphatic heterocycles. The number of aryl methyl sites for hydroxylation is 2. The molecule has 1 fully saturated rings. The highest BCUT2D eigenvalue weighted by atomic mass is 16.5. The van der Waals surface area contributed by atoms with Gasteiger partial charge in [0.1, 0.15) is 18.2 Å². The molecule has 7 heteroatoms. The van der Waals surface area contributed by atoms with Crippen molar-refractivity contribution in [2.75, 3.05) is 46.6 Å². The highest BCUT2D eigenvalue weighted by molar-refractivity contribution is 5.83. The number of morpholine rings is 1. The largest absolute Gasteiger partial charge is 0.493 e. The molecule has 0 saturated carbocycles. The highest BCUT2D eigenvalue weighted by Crippen LogP contribution is 2.27. The molecule has 3 aromatic carbocycles. The predicted octanol–water partition coefficient (Wildman–Crippen LogP) is 4.20. The lowest BCUT2D eigenvalue weighted by molar-refractivity contribution is 0.0364. The number of hydrogen-bond donors (Lipinski definition) is 0. The van der Waals surface area contributed by atoms with Crippen molar-refractivity contribution in [3.8, 4) is 35.0 Å². The van der Waals surface area contributed by atoms with Crippen LogP contribution in [0.5, 0.6) is 11.5 Å². The molecule has 2 heterocycles. The van der Waals surface area contributed by atoms with Crippen LogP contribution in [0.4, 0.5) is 0 Å². The third-order valence-electron chi connectivity index (χ3n) is 7.06. The molecule has 200 valence electrons. The Morgan fingerprint density at radius 2 is 1.77 bits per heavy atom. The van der Waals surface area contributed by atoms with Crippen LogP contribution >= 0.6 is 0 Å². The minimum Gasteiger partial charge on any atom is -0.493 e. The van der Waals surface area contributed by atoms with Crippen molar-refractivity contribution in [1.82, 2.24) is 14.5 Å². The van der Waals surface area contributed by atoms with Crippen molar-refractivity contribution in [3.05, 3.63) is 88.3 Å². The fraction of sp³-hybridized carbons (Fsp3) is 0.312. The Morgan fingerprint density at radius 1 is 0.974 bits per heavy atom. The SMILES string of the molecule is C#CCOc1ccc(CCc2nc3cc(-c4cccc(=O)c(OC)c4)ccc3n2CCN2CCOCC2)cc1. The second-order valence-electron chi connectivity index (χ2n) is 9.53. The zero-order chi connectivity index (χ0) is 27.0. The molecule has 1 aliphatic rings. The first-order valence-electron chi connectivity index (χ1n) is 13.3. The Hall–Kier alpha value is -4.12. The summed E-state index contributed by atoms with van der Waals surface area (Å²) in [6.45, 7) is 5.54. The molecule has 4 aromatic rings. The fourth-order valence-electron chi connectivity index (χ4n) is 4.92. The number of ether oxygens (including phenoxy) is 3. The molecule has 1 aromatic heterocycles. The number of benzene rings is 2. The van der Waals surface area contributed by atoms with Gasteiger partial charge in [-0.15, -0.1) is 6.42 Å². The van der Waals surface area contributed by atoms with Crippen LogP contribution in [-0.2, 0) is 24.1 Å². The lowest BCUT2D eigenvalue weighted by Crippen LogP contribution is -2.38. The van der Waals surface area contributed by atoms with Gasteiger partial charge in [-0.3, -0.25) is 9.69 Å². The van der Waals surface area contributed by atoms with Gasteiger partial charge in [0.2, 0.25) is 5.43 Å². The van der Waals surface area contributed by atoms with Gasteiger partial charge in [-0.2, -0.15) is 0 Å². The second kappa shape index (κ2) is 12.6. The Kier molecular flexibility index (Phi) is 8.57. The van der Waals surface area contributed by atoms with Crippen LogP contribution in [0.15, 0.2) is 71.5 Å². The summed E-state index contributed by atoms with van der Waals surface area (Å²) in [7, 11) is 1.52. The zero-order valence-electron chi connectivity index (χ0n) is 22.3. The molecule has 0 atom stereocenters. The maximum atomic E-state index is 12.2. The number of aromatic nitrogens is 2. The summed E-state index contributed by atoms with van der Waals surface area (Å²) < 4.78 is 18.7. The van der Waals surface area contributed by atoms with Gasteiger partial charge in [0.15, 0.2) is 5.75 Å². The van der Waals surface area contributed by atoms with E-state index in [4.69, 9.17) is 25.6 Å². The molecule has 0 bridgehead atoms. The van der Waals surface area contributed by atoms with Gasteiger partial charge in [-0.25, -0.2) is 4.98 Å². The van der Waals surface area contributed by atoms with Crippen molar-refractivity contribution in [2.45, 2.75) is 19.4 Å². The Morgan fingerprint density at radius 3 is 2.54 bits per heavy atom. The first-order valence-corrected chi connectivity index (χ1v) is 13.3. The number of imidazole rings is 1. The molecule has 0 unspecified atom stereocenters. The topological polar surface area (TPSA) is 65.8 Å². The normalized spacial score (nSPS) is 13.7. The maximum absolute atomic E-state index is 12.2. The lowest BCUT2D eigenvalue weighted by Gasteiger charge is -2.27. The minimum atomic E-state index is -0.143. The number of hydrogen-bond acceptors (Lipinski definition) is 6. The van der Waals surface area contributed by atoms with Crippen LogP contribution in [-0.4, -0.2) is 61.0 Å². The molecular formula is C32H33N3O4. The van der Waals surface area contributed by atoms with Crippen molar-refractivity contribution in [1.29, 1.82) is 0 Å². The molecule has 0 spiro atoms. The molecule has 0 amide bonds. The van der Waals surface area contributed by atoms with Crippen LogP contribution in [0, 0.1) is 12.3 Å². The summed E-state index contributed by atoms with van der Waals surface area (Å²) in [6, 6.07) is 21.4. The van der Waals surface area contributed by atoms with E-state index in [-0.39, 0.29) is 12.0 Å². The highest BCUT2D eigenvalue weighted by Gasteiger charge is 2.15. The molecule has 5 rings (SSSR count). The van der Waals surface area contributed by atoms with Gasteiger partial charge >= 0.3 is 0 Å². The molecule has 1 saturated heterocycles. The van der Waals surface area contributed by atoms with Gasteiger partial charge in [0, 0.05) is 32.6 Å². The molecule has 39 heavy (non-hydrogen) atoms. The lowest BCUT2D eigenvalue weighted by atomic mass is 10.1. The number of fused-ring (bicyclic) bond motifs is 1. The third kappa shape index (κ3) is 6.48. The van der Waals surface area contributed by atoms with Gasteiger partial charge in [-0.05, 0) is 59.5 Å². The summed E-state index contributed by atoms with van der Waals surface area (Å²) in [5.74, 6) is 4.65. The van der Waals surface area contributed by atoms with Crippen LogP contribution in [0.1, 0.15) is 11.4 Å². The Bertz CT molecular complexity index is 1520. The van der Waals surface area contributed by atoms with E-state index in [1.165, 1.54) is 18.7 Å². The molecule has 0 aliphatic carbocycles. The van der Waals surface area contributed by atoms with Gasteiger partial charge in [0.25, 0.3) is 0 Å². The third-order valence-corrected chi connectivity index (χ3v) is 7.06. The van der Waals surface area contributed by atoms with Crippen molar-refractivity contribution in [3.63, 3.8) is 0 Å². The van der Waals surface area contributed by atoms with Crippen LogP contribution in [0.3, 0.4) is 0 Å². The first-order chi connectivity index (χ1) is 19.1. The van der Waals surface area contributed by atoms with Crippen LogP contribution < -0.4 is 14.9 Å². The van der Waals surface area contributed by atoms with Crippen molar-refractivity contribution in [2.24, 2.45) is 0 Å². The quantitative estimate of drug-likeness (QED) is 0.290. The van der Waals surface area contributed by atoms with E-state index in [1.807, 2.05) is 18.2 Å². The molecular weight excluding hydrogens is 490 g/mol. The number of terminal acetylenes is 1. The molecule has 0 N–H and O–H groups in total. The van der Waals surface area contributed by atoms with Crippen molar-refractivity contribution < 1.29 is 14.2 Å². The van der Waals surface area contributed by atoms with E-state index in [9.17, 15) is 4.79 Å². The summed E-state index contributed by atoms with van der Waals surface area (Å²) in [5.41, 5.74) is 5.02. The summed E-state index contributed by atoms with van der Waals surface area (Å²) in [4.78, 5) is 19.7. The number of rotatable bonds is 10. The Balaban J connectivity index is 1.43. The fourth-order valence-corrected chi connectivity index (χ4v) is 4.92. The predicted molar refractivity (Wildman–Crippen MR) is 153 cm³/mol. The van der Waals surface area contributed by atoms with E-state index in [0.717, 1.165) is 86.0 Å². The van der Waals surface area contributed by atoms with E-state index in [0.29, 0.717) is 5.75 Å². The molecule has 7 nitrogen and oxygen atoms in total. The van der Waals surface area contributed by atoms with Gasteiger partial charge in [-0.1, -0.05) is 36.3 Å². The number of methoxy groups -OCH3 is 1. The molecule has 0 radical (unpaired) electrons. The van der Waals surface area contributed by atoms with Crippen molar-refractivity contribution >= 4 is 11.0 Å². The van der Waals surface area contributed by atoms with E-state index in [2.05, 4.69) is 45.7 Å². The minimum absolute atomic E-state index is 0.143. The summed E-state index contributed by atoms with van der Waals surface area (Å²) in [5, 5.41) is 0. The second-order valence-corrected chi connectivity index (χ2v) is 9.53. The monoisotopic (exact) mass is 523 g/mol. The standard InChI is InChI=1S/C32H33N3O4/c1-3-19-39-27-11-7-24(8-12-27)9-14-32-33-28-22-26(25-5-4-6-30(36)31(23-25)37-2)10-13-29(28)35(32)16-15-34-17-20-38-21-18-34/h1,4-8,10-13,22-23H,9,14-21H2,2H3. The van der Waals surface area contributed by atoms with Crippen LogP contribution in [0.2, 0.25) is 0 Å². The van der Waals surface area contributed by atoms with E-state index in [1.54, 1.807) is 12.1 Å².